The van der Waals surface area contributed by atoms with Gasteiger partial charge in [0.1, 0.15) is 11.6 Å². The molecule has 5 nitrogen and oxygen atoms in total. The van der Waals surface area contributed by atoms with E-state index >= 15 is 0 Å². The number of fused-ring (bicyclic) bond motifs is 1. The Morgan fingerprint density at radius 1 is 0.941 bits per heavy atom. The molecule has 1 fully saturated rings. The Kier molecular flexibility index (Phi) is 6.61. The summed E-state index contributed by atoms with van der Waals surface area (Å²) in [5.41, 5.74) is 4.39. The smallest absolute Gasteiger partial charge is 0.227 e. The minimum Gasteiger partial charge on any atom is -0.494 e. The van der Waals surface area contributed by atoms with Gasteiger partial charge in [-0.1, -0.05) is 49.4 Å². The SMILES string of the molecule is CCc1ccc(N2CC(c3nc4ccccc4n3CCCCOc3ccccc3)CC2=O)cc1. The van der Waals surface area contributed by atoms with Crippen LogP contribution in [-0.2, 0) is 17.8 Å². The summed E-state index contributed by atoms with van der Waals surface area (Å²) in [6.07, 6.45) is 3.44. The molecule has 0 bridgehead atoms. The van der Waals surface area contributed by atoms with E-state index in [9.17, 15) is 4.79 Å². The Bertz CT molecular complexity index is 1250. The Morgan fingerprint density at radius 3 is 2.50 bits per heavy atom. The van der Waals surface area contributed by atoms with E-state index in [0.29, 0.717) is 19.6 Å². The second-order valence-electron chi connectivity index (χ2n) is 8.90. The molecule has 5 rings (SSSR count). The van der Waals surface area contributed by atoms with Crippen LogP contribution in [0.5, 0.6) is 5.75 Å². The number of aromatic nitrogens is 2. The van der Waals surface area contributed by atoms with Gasteiger partial charge in [0.2, 0.25) is 5.91 Å². The maximum Gasteiger partial charge on any atom is 0.227 e. The second kappa shape index (κ2) is 10.1. The van der Waals surface area contributed by atoms with Gasteiger partial charge in [0.25, 0.3) is 0 Å². The number of anilines is 1. The third kappa shape index (κ3) is 4.69. The zero-order valence-corrected chi connectivity index (χ0v) is 19.7. The van der Waals surface area contributed by atoms with Crippen molar-refractivity contribution < 1.29 is 9.53 Å². The first-order valence-electron chi connectivity index (χ1n) is 12.2. The fourth-order valence-electron chi connectivity index (χ4n) is 4.76. The van der Waals surface area contributed by atoms with Crippen LogP contribution in [0.4, 0.5) is 5.69 Å². The fraction of sp³-hybridized carbons (Fsp3) is 0.310. The molecule has 0 saturated carbocycles. The number of ether oxygens (including phenoxy) is 1. The lowest BCUT2D eigenvalue weighted by atomic mass is 10.1. The maximum atomic E-state index is 12.9. The molecule has 2 heterocycles. The van der Waals surface area contributed by atoms with Crippen LogP contribution in [0.25, 0.3) is 11.0 Å². The zero-order chi connectivity index (χ0) is 23.3. The number of nitrogens with zero attached hydrogens (tertiary/aromatic N) is 3. The summed E-state index contributed by atoms with van der Waals surface area (Å²) < 4.78 is 8.18. The van der Waals surface area contributed by atoms with Crippen molar-refractivity contribution in [2.75, 3.05) is 18.1 Å². The molecule has 1 aliphatic heterocycles. The van der Waals surface area contributed by atoms with Crippen LogP contribution in [-0.4, -0.2) is 28.6 Å². The average Bonchev–Trinajstić information content (AvgIpc) is 3.45. The van der Waals surface area contributed by atoms with E-state index in [1.165, 1.54) is 5.56 Å². The summed E-state index contributed by atoms with van der Waals surface area (Å²) >= 11 is 0. The molecule has 5 heteroatoms. The summed E-state index contributed by atoms with van der Waals surface area (Å²) in [5, 5.41) is 0. The van der Waals surface area contributed by atoms with Crippen molar-refractivity contribution in [2.45, 2.75) is 45.1 Å². The number of hydrogen-bond acceptors (Lipinski definition) is 3. The largest absolute Gasteiger partial charge is 0.494 e. The molecule has 34 heavy (non-hydrogen) atoms. The molecule has 3 aromatic carbocycles. The van der Waals surface area contributed by atoms with Crippen LogP contribution >= 0.6 is 0 Å². The monoisotopic (exact) mass is 453 g/mol. The molecule has 1 amide bonds. The average molecular weight is 454 g/mol. The summed E-state index contributed by atoms with van der Waals surface area (Å²) in [5.74, 6) is 2.19. The Labute approximate surface area is 201 Å². The fourth-order valence-corrected chi connectivity index (χ4v) is 4.76. The Morgan fingerprint density at radius 2 is 1.71 bits per heavy atom. The van der Waals surface area contributed by atoms with Crippen molar-refractivity contribution in [3.05, 3.63) is 90.3 Å². The maximum absolute atomic E-state index is 12.9. The van der Waals surface area contributed by atoms with Crippen molar-refractivity contribution in [3.63, 3.8) is 0 Å². The van der Waals surface area contributed by atoms with E-state index in [-0.39, 0.29) is 11.8 Å². The number of carbonyl (C=O) groups is 1. The number of benzene rings is 3. The summed E-state index contributed by atoms with van der Waals surface area (Å²) in [7, 11) is 0. The highest BCUT2D eigenvalue weighted by Crippen LogP contribution is 2.33. The number of aryl methyl sites for hydroxylation is 2. The Hall–Kier alpha value is -3.60. The van der Waals surface area contributed by atoms with Crippen LogP contribution < -0.4 is 9.64 Å². The number of unbranched alkanes of at least 4 members (excludes halogenated alkanes) is 1. The highest BCUT2D eigenvalue weighted by atomic mass is 16.5. The molecule has 4 aromatic rings. The van der Waals surface area contributed by atoms with E-state index in [1.807, 2.05) is 41.3 Å². The molecule has 0 N–H and O–H groups in total. The van der Waals surface area contributed by atoms with Crippen LogP contribution in [0.15, 0.2) is 78.9 Å². The lowest BCUT2D eigenvalue weighted by Crippen LogP contribution is -2.24. The Balaban J connectivity index is 1.30. The van der Waals surface area contributed by atoms with Gasteiger partial charge in [-0.25, -0.2) is 4.98 Å². The standard InChI is InChI=1S/C29H31N3O2/c1-2-22-14-16-24(17-15-22)32-21-23(20-28(32)33)29-30-26-12-6-7-13-27(26)31(29)18-8-9-19-34-25-10-4-3-5-11-25/h3-7,10-17,23H,2,8-9,18-21H2,1H3. The number of carbonyl (C=O) groups excluding carboxylic acids is 1. The van der Waals surface area contributed by atoms with E-state index in [0.717, 1.165) is 54.1 Å². The topological polar surface area (TPSA) is 47.4 Å². The van der Waals surface area contributed by atoms with Gasteiger partial charge in [-0.05, 0) is 61.2 Å². The summed E-state index contributed by atoms with van der Waals surface area (Å²) in [4.78, 5) is 19.8. The van der Waals surface area contributed by atoms with Crippen molar-refractivity contribution in [2.24, 2.45) is 0 Å². The van der Waals surface area contributed by atoms with Crippen molar-refractivity contribution in [1.29, 1.82) is 0 Å². The van der Waals surface area contributed by atoms with Gasteiger partial charge in [-0.15, -0.1) is 0 Å². The van der Waals surface area contributed by atoms with Gasteiger partial charge in [0, 0.05) is 31.1 Å². The number of para-hydroxylation sites is 3. The van der Waals surface area contributed by atoms with Crippen LogP contribution in [0, 0.1) is 0 Å². The van der Waals surface area contributed by atoms with Gasteiger partial charge in [0.05, 0.1) is 17.6 Å². The van der Waals surface area contributed by atoms with Crippen molar-refractivity contribution in [3.8, 4) is 5.75 Å². The number of rotatable bonds is 9. The number of amides is 1. The van der Waals surface area contributed by atoms with E-state index in [1.54, 1.807) is 0 Å². The first-order chi connectivity index (χ1) is 16.7. The first kappa shape index (κ1) is 22.2. The molecule has 1 atom stereocenters. The lowest BCUT2D eigenvalue weighted by Gasteiger charge is -2.18. The molecule has 1 saturated heterocycles. The predicted octanol–water partition coefficient (Wildman–Crippen LogP) is 5.98. The highest BCUT2D eigenvalue weighted by Gasteiger charge is 2.34. The number of hydrogen-bond donors (Lipinski definition) is 0. The molecule has 174 valence electrons. The van der Waals surface area contributed by atoms with Gasteiger partial charge in [-0.3, -0.25) is 4.79 Å². The molecular formula is C29H31N3O2. The third-order valence-electron chi connectivity index (χ3n) is 6.62. The zero-order valence-electron chi connectivity index (χ0n) is 19.7. The lowest BCUT2D eigenvalue weighted by molar-refractivity contribution is -0.117. The third-order valence-corrected chi connectivity index (χ3v) is 6.62. The van der Waals surface area contributed by atoms with E-state index in [4.69, 9.17) is 9.72 Å². The summed E-state index contributed by atoms with van der Waals surface area (Å²) in [6.45, 7) is 4.37. The predicted molar refractivity (Wildman–Crippen MR) is 136 cm³/mol. The van der Waals surface area contributed by atoms with Gasteiger partial charge in [-0.2, -0.15) is 0 Å². The van der Waals surface area contributed by atoms with Gasteiger partial charge in [0.15, 0.2) is 0 Å². The molecule has 1 aliphatic rings. The molecule has 0 radical (unpaired) electrons. The molecule has 1 unspecified atom stereocenters. The second-order valence-corrected chi connectivity index (χ2v) is 8.90. The van der Waals surface area contributed by atoms with Crippen LogP contribution in [0.2, 0.25) is 0 Å². The normalized spacial score (nSPS) is 15.9. The first-order valence-corrected chi connectivity index (χ1v) is 12.2. The minimum absolute atomic E-state index is 0.0892. The van der Waals surface area contributed by atoms with Gasteiger partial charge >= 0.3 is 0 Å². The summed E-state index contributed by atoms with van der Waals surface area (Å²) in [6, 6.07) is 26.6. The molecule has 1 aromatic heterocycles. The van der Waals surface area contributed by atoms with Crippen molar-refractivity contribution >= 4 is 22.6 Å². The van der Waals surface area contributed by atoms with Crippen LogP contribution in [0.3, 0.4) is 0 Å². The molecule has 0 aliphatic carbocycles. The van der Waals surface area contributed by atoms with Crippen LogP contribution in [0.1, 0.15) is 43.5 Å². The molecular weight excluding hydrogens is 422 g/mol. The van der Waals surface area contributed by atoms with E-state index < -0.39 is 0 Å². The number of imidazole rings is 1. The van der Waals surface area contributed by atoms with Gasteiger partial charge < -0.3 is 14.2 Å². The molecule has 0 spiro atoms. The van der Waals surface area contributed by atoms with Crippen molar-refractivity contribution in [1.82, 2.24) is 9.55 Å². The quantitative estimate of drug-likeness (QED) is 0.293. The highest BCUT2D eigenvalue weighted by molar-refractivity contribution is 5.96. The van der Waals surface area contributed by atoms with E-state index in [2.05, 4.69) is 54.0 Å². The minimum atomic E-state index is 0.0892.